The van der Waals surface area contributed by atoms with Gasteiger partial charge in [-0.1, -0.05) is 11.6 Å². The number of nitrogens with one attached hydrogen (secondary N) is 1. The Kier molecular flexibility index (Phi) is 6.40. The van der Waals surface area contributed by atoms with E-state index in [9.17, 15) is 14.9 Å². The maximum atomic E-state index is 11.7. The summed E-state index contributed by atoms with van der Waals surface area (Å²) >= 11 is 5.78. The van der Waals surface area contributed by atoms with Gasteiger partial charge in [0.2, 0.25) is 5.91 Å². The molecule has 1 heterocycles. The van der Waals surface area contributed by atoms with Gasteiger partial charge < -0.3 is 20.2 Å². The van der Waals surface area contributed by atoms with E-state index in [0.717, 1.165) is 0 Å². The minimum Gasteiger partial charge on any atom is -0.382 e. The van der Waals surface area contributed by atoms with E-state index in [-0.39, 0.29) is 17.5 Å². The highest BCUT2D eigenvalue weighted by Crippen LogP contribution is 2.26. The summed E-state index contributed by atoms with van der Waals surface area (Å²) in [6.07, 6.45) is 0.707. The third-order valence-electron chi connectivity index (χ3n) is 2.57. The van der Waals surface area contributed by atoms with E-state index in [0.29, 0.717) is 31.9 Å². The number of nitro groups is 1. The molecule has 9 heteroatoms. The molecule has 0 spiro atoms. The Morgan fingerprint density at radius 1 is 1.60 bits per heavy atom. The molecule has 1 aromatic rings. The molecule has 0 aliphatic rings. The van der Waals surface area contributed by atoms with E-state index < -0.39 is 10.7 Å². The zero-order chi connectivity index (χ0) is 15.1. The number of carbonyl (C=O) groups is 1. The lowest BCUT2D eigenvalue weighted by Crippen LogP contribution is -2.29. The van der Waals surface area contributed by atoms with E-state index in [2.05, 4.69) is 10.4 Å². The predicted octanol–water partition coefficient (Wildman–Crippen LogP) is 1.30. The number of carbonyl (C=O) groups excluding carboxylic acids is 1. The summed E-state index contributed by atoms with van der Waals surface area (Å²) in [5.74, 6) is -0.716. The Morgan fingerprint density at radius 2 is 2.30 bits per heavy atom. The van der Waals surface area contributed by atoms with Crippen LogP contribution in [0.4, 0.5) is 5.82 Å². The lowest BCUT2D eigenvalue weighted by atomic mass is 10.4. The van der Waals surface area contributed by atoms with Gasteiger partial charge in [-0.05, 0) is 25.2 Å². The van der Waals surface area contributed by atoms with E-state index in [1.807, 2.05) is 6.92 Å². The van der Waals surface area contributed by atoms with Crippen LogP contribution in [-0.2, 0) is 16.1 Å². The van der Waals surface area contributed by atoms with E-state index >= 15 is 0 Å². The van der Waals surface area contributed by atoms with Crippen LogP contribution in [0.3, 0.4) is 0 Å². The number of nitrogens with zero attached hydrogens (tertiary/aromatic N) is 3. The van der Waals surface area contributed by atoms with Gasteiger partial charge in [0.1, 0.15) is 6.54 Å². The highest BCUT2D eigenvalue weighted by atomic mass is 35.5. The second-order valence-electron chi connectivity index (χ2n) is 4.04. The Bertz CT molecular complexity index is 489. The highest BCUT2D eigenvalue weighted by Gasteiger charge is 2.24. The molecular formula is C11H17ClN4O4. The fraction of sp³-hybridized carbons (Fsp3) is 0.636. The van der Waals surface area contributed by atoms with Gasteiger partial charge in [0, 0.05) is 19.8 Å². The summed E-state index contributed by atoms with van der Waals surface area (Å²) in [4.78, 5) is 21.7. The molecule has 0 saturated heterocycles. The number of aromatic nitrogens is 2. The number of ether oxygens (including phenoxy) is 1. The van der Waals surface area contributed by atoms with Crippen molar-refractivity contribution in [3.8, 4) is 0 Å². The summed E-state index contributed by atoms with van der Waals surface area (Å²) < 4.78 is 6.36. The normalized spacial score (nSPS) is 10.6. The molecule has 8 nitrogen and oxygen atoms in total. The monoisotopic (exact) mass is 304 g/mol. The Labute approximate surface area is 121 Å². The zero-order valence-corrected chi connectivity index (χ0v) is 12.1. The average molecular weight is 305 g/mol. The third kappa shape index (κ3) is 4.46. The lowest BCUT2D eigenvalue weighted by Gasteiger charge is -2.04. The summed E-state index contributed by atoms with van der Waals surface area (Å²) in [6.45, 7) is 5.07. The first-order valence-corrected chi connectivity index (χ1v) is 6.56. The molecule has 1 N–H and O–H groups in total. The Morgan fingerprint density at radius 3 is 2.85 bits per heavy atom. The van der Waals surface area contributed by atoms with Crippen molar-refractivity contribution in [2.24, 2.45) is 0 Å². The molecule has 20 heavy (non-hydrogen) atoms. The molecule has 112 valence electrons. The molecule has 0 bridgehead atoms. The van der Waals surface area contributed by atoms with E-state index in [4.69, 9.17) is 16.3 Å². The summed E-state index contributed by atoms with van der Waals surface area (Å²) in [7, 11) is 0. The number of hydrogen-bond acceptors (Lipinski definition) is 5. The van der Waals surface area contributed by atoms with Crippen LogP contribution in [0.5, 0.6) is 0 Å². The van der Waals surface area contributed by atoms with Gasteiger partial charge in [0.05, 0.1) is 10.8 Å². The van der Waals surface area contributed by atoms with Crippen molar-refractivity contribution in [2.75, 3.05) is 19.8 Å². The van der Waals surface area contributed by atoms with Crippen molar-refractivity contribution >= 4 is 23.3 Å². The molecule has 0 unspecified atom stereocenters. The summed E-state index contributed by atoms with van der Waals surface area (Å²) in [6, 6.07) is 0. The first-order chi connectivity index (χ1) is 9.47. The van der Waals surface area contributed by atoms with Crippen molar-refractivity contribution in [3.63, 3.8) is 0 Å². The largest absolute Gasteiger partial charge is 0.408 e. The van der Waals surface area contributed by atoms with Crippen LogP contribution in [0.15, 0.2) is 0 Å². The summed E-state index contributed by atoms with van der Waals surface area (Å²) in [5.41, 5.74) is 0.392. The van der Waals surface area contributed by atoms with Gasteiger partial charge in [-0.3, -0.25) is 4.79 Å². The number of amides is 1. The van der Waals surface area contributed by atoms with Gasteiger partial charge in [-0.2, -0.15) is 4.68 Å². The van der Waals surface area contributed by atoms with E-state index in [1.54, 1.807) is 6.92 Å². The molecule has 0 aliphatic heterocycles. The predicted molar refractivity (Wildman–Crippen MR) is 72.7 cm³/mol. The van der Waals surface area contributed by atoms with Crippen LogP contribution in [0.25, 0.3) is 0 Å². The zero-order valence-electron chi connectivity index (χ0n) is 11.4. The van der Waals surface area contributed by atoms with Crippen LogP contribution in [0.1, 0.15) is 19.0 Å². The lowest BCUT2D eigenvalue weighted by molar-refractivity contribution is -0.389. The van der Waals surface area contributed by atoms with Crippen LogP contribution in [0, 0.1) is 17.0 Å². The quantitative estimate of drug-likeness (QED) is 0.443. The molecule has 0 aliphatic carbocycles. The molecule has 1 rings (SSSR count). The molecule has 0 fully saturated rings. The second-order valence-corrected chi connectivity index (χ2v) is 4.42. The van der Waals surface area contributed by atoms with Crippen molar-refractivity contribution in [1.29, 1.82) is 0 Å². The van der Waals surface area contributed by atoms with Gasteiger partial charge in [-0.25, -0.2) is 0 Å². The molecule has 0 saturated carbocycles. The number of rotatable bonds is 8. The SMILES string of the molecule is CCOCCCNC(=O)Cn1nc([N+](=O)[O-])c(Cl)c1C. The smallest absolute Gasteiger partial charge is 0.382 e. The minimum atomic E-state index is -0.675. The van der Waals surface area contributed by atoms with Gasteiger partial charge in [-0.15, -0.1) is 0 Å². The molecular weight excluding hydrogens is 288 g/mol. The molecule has 1 amide bonds. The summed E-state index contributed by atoms with van der Waals surface area (Å²) in [5, 5.41) is 17.0. The first kappa shape index (κ1) is 16.4. The van der Waals surface area contributed by atoms with Crippen LogP contribution in [-0.4, -0.2) is 40.4 Å². The number of hydrogen-bond donors (Lipinski definition) is 1. The highest BCUT2D eigenvalue weighted by molar-refractivity contribution is 6.33. The van der Waals surface area contributed by atoms with Gasteiger partial charge in [0.15, 0.2) is 5.02 Å². The second kappa shape index (κ2) is 7.81. The van der Waals surface area contributed by atoms with Crippen LogP contribution < -0.4 is 5.32 Å². The standard InChI is InChI=1S/C11H17ClN4O4/c1-3-20-6-4-5-13-9(17)7-15-8(2)10(12)11(14-15)16(18)19/h3-7H2,1-2H3,(H,13,17). The maximum absolute atomic E-state index is 11.7. The molecule has 0 radical (unpaired) electrons. The van der Waals surface area contributed by atoms with Gasteiger partial charge >= 0.3 is 5.82 Å². The van der Waals surface area contributed by atoms with Crippen molar-refractivity contribution in [1.82, 2.24) is 15.1 Å². The Balaban J connectivity index is 2.50. The van der Waals surface area contributed by atoms with E-state index in [1.165, 1.54) is 4.68 Å². The topological polar surface area (TPSA) is 99.3 Å². The molecule has 0 aromatic carbocycles. The fourth-order valence-corrected chi connectivity index (χ4v) is 1.72. The third-order valence-corrected chi connectivity index (χ3v) is 3.02. The average Bonchev–Trinajstić information content (AvgIpc) is 2.67. The van der Waals surface area contributed by atoms with Crippen LogP contribution in [0.2, 0.25) is 5.02 Å². The van der Waals surface area contributed by atoms with Gasteiger partial charge in [0.25, 0.3) is 0 Å². The number of halogens is 1. The molecule has 1 aromatic heterocycles. The maximum Gasteiger partial charge on any atom is 0.408 e. The van der Waals surface area contributed by atoms with Crippen LogP contribution >= 0.6 is 11.6 Å². The first-order valence-electron chi connectivity index (χ1n) is 6.19. The van der Waals surface area contributed by atoms with Crippen molar-refractivity contribution in [2.45, 2.75) is 26.8 Å². The van der Waals surface area contributed by atoms with Crippen molar-refractivity contribution in [3.05, 3.63) is 20.8 Å². The fourth-order valence-electron chi connectivity index (χ4n) is 1.52. The van der Waals surface area contributed by atoms with Crippen molar-refractivity contribution < 1.29 is 14.5 Å². The Hall–Kier alpha value is -1.67. The molecule has 0 atom stereocenters. The minimum absolute atomic E-state index is 0.0425.